The van der Waals surface area contributed by atoms with Gasteiger partial charge in [-0.3, -0.25) is 0 Å². The van der Waals surface area contributed by atoms with E-state index in [-0.39, 0.29) is 34.4 Å². The quantitative estimate of drug-likeness (QED) is 0.310. The van der Waals surface area contributed by atoms with Crippen LogP contribution in [-0.4, -0.2) is 14.1 Å². The number of hydrogen-bond acceptors (Lipinski definition) is 0. The molecule has 0 bridgehead atoms. The Morgan fingerprint density at radius 3 is 1.20 bits per heavy atom. The van der Waals surface area contributed by atoms with Crippen molar-refractivity contribution in [2.24, 2.45) is 0 Å². The maximum atomic E-state index is 2.31. The summed E-state index contributed by atoms with van der Waals surface area (Å²) in [6, 6.07) is 0. The SMILES string of the molecule is [CH3][Al]([CH3])[CH3].[H-].[Li+]. The van der Waals surface area contributed by atoms with Crippen LogP contribution >= 0.6 is 0 Å². The normalized spacial score (nSPS) is 5.40. The Morgan fingerprint density at radius 1 is 1.20 bits per heavy atom. The van der Waals surface area contributed by atoms with Gasteiger partial charge >= 0.3 is 18.9 Å². The molecule has 0 heterocycles. The first-order valence-electron chi connectivity index (χ1n) is 1.73. The average molecular weight is 80.0 g/mol. The molecule has 26 valence electrons. The van der Waals surface area contributed by atoms with Crippen molar-refractivity contribution >= 4 is 14.1 Å². The summed E-state index contributed by atoms with van der Waals surface area (Å²) in [5, 5.41) is 0. The van der Waals surface area contributed by atoms with E-state index in [1.807, 2.05) is 0 Å². The average Bonchev–Trinajstić information content (AvgIpc) is 0.811. The van der Waals surface area contributed by atoms with Crippen LogP contribution in [0.25, 0.3) is 0 Å². The molecule has 5 heavy (non-hydrogen) atoms. The van der Waals surface area contributed by atoms with Crippen LogP contribution in [0.15, 0.2) is 0 Å². The minimum atomic E-state index is -0.139. The van der Waals surface area contributed by atoms with Gasteiger partial charge in [-0.05, 0) is 0 Å². The summed E-state index contributed by atoms with van der Waals surface area (Å²) in [5.74, 6) is 6.92. The van der Waals surface area contributed by atoms with Gasteiger partial charge in [0.15, 0.2) is 0 Å². The van der Waals surface area contributed by atoms with Crippen LogP contribution in [-0.2, 0) is 0 Å². The molecular formula is C3H10AlLi. The summed E-state index contributed by atoms with van der Waals surface area (Å²) >= 11 is -0.139. The summed E-state index contributed by atoms with van der Waals surface area (Å²) in [4.78, 5) is 0. The van der Waals surface area contributed by atoms with Gasteiger partial charge in [0.05, 0.1) is 0 Å². The zero-order chi connectivity index (χ0) is 3.58. The van der Waals surface area contributed by atoms with Crippen LogP contribution in [0.3, 0.4) is 0 Å². The van der Waals surface area contributed by atoms with Gasteiger partial charge in [0, 0.05) is 0 Å². The molecule has 0 amide bonds. The third-order valence-corrected chi connectivity index (χ3v) is 0. The van der Waals surface area contributed by atoms with E-state index in [4.69, 9.17) is 0 Å². The Bertz CT molecular complexity index is 15.5. The molecule has 0 atom stereocenters. The second-order valence-electron chi connectivity index (χ2n) is 1.73. The molecule has 0 aliphatic carbocycles. The molecule has 0 N–H and O–H groups in total. The molecule has 0 saturated heterocycles. The maximum Gasteiger partial charge on any atom is 1.00 e. The molecule has 0 radical (unpaired) electrons. The first-order valence-corrected chi connectivity index (χ1v) is 5.20. The Hall–Kier alpha value is 1.13. The first-order chi connectivity index (χ1) is 1.73. The second-order valence-corrected chi connectivity index (χ2v) is 5.20. The summed E-state index contributed by atoms with van der Waals surface area (Å²) in [5.41, 5.74) is 0. The molecule has 0 aliphatic rings. The van der Waals surface area contributed by atoms with Crippen LogP contribution in [0, 0.1) is 0 Å². The molecule has 0 aliphatic heterocycles. The van der Waals surface area contributed by atoms with E-state index >= 15 is 0 Å². The third kappa shape index (κ3) is 39.4. The van der Waals surface area contributed by atoms with Crippen LogP contribution in [0.2, 0.25) is 17.4 Å². The van der Waals surface area contributed by atoms with Crippen molar-refractivity contribution in [1.82, 2.24) is 0 Å². The first kappa shape index (κ1) is 9.46. The Morgan fingerprint density at radius 2 is 1.20 bits per heavy atom. The summed E-state index contributed by atoms with van der Waals surface area (Å²) in [7, 11) is 0. The van der Waals surface area contributed by atoms with Gasteiger partial charge in [-0.25, -0.2) is 0 Å². The topological polar surface area (TPSA) is 0 Å². The van der Waals surface area contributed by atoms with Crippen molar-refractivity contribution in [3.63, 3.8) is 0 Å². The molecule has 0 aromatic rings. The molecule has 0 aromatic heterocycles. The van der Waals surface area contributed by atoms with Crippen LogP contribution < -0.4 is 18.9 Å². The second kappa shape index (κ2) is 5.13. The van der Waals surface area contributed by atoms with Crippen molar-refractivity contribution in [3.8, 4) is 0 Å². The monoisotopic (exact) mass is 80.1 g/mol. The van der Waals surface area contributed by atoms with Crippen LogP contribution in [0.5, 0.6) is 0 Å². The summed E-state index contributed by atoms with van der Waals surface area (Å²) in [6.07, 6.45) is 0. The van der Waals surface area contributed by atoms with Gasteiger partial charge in [-0.1, -0.05) is 0 Å². The van der Waals surface area contributed by atoms with Crippen molar-refractivity contribution in [2.45, 2.75) is 17.4 Å². The molecule has 0 aromatic carbocycles. The summed E-state index contributed by atoms with van der Waals surface area (Å²) < 4.78 is 0. The van der Waals surface area contributed by atoms with Crippen molar-refractivity contribution in [1.29, 1.82) is 0 Å². The van der Waals surface area contributed by atoms with Crippen LogP contribution in [0.1, 0.15) is 1.43 Å². The minimum absolute atomic E-state index is 0. The minimum Gasteiger partial charge on any atom is -1.00 e. The molecule has 0 nitrogen and oxygen atoms in total. The van der Waals surface area contributed by atoms with Gasteiger partial charge in [0.25, 0.3) is 14.1 Å². The number of rotatable bonds is 0. The van der Waals surface area contributed by atoms with Crippen molar-refractivity contribution in [3.05, 3.63) is 0 Å². The fourth-order valence-electron chi connectivity index (χ4n) is 0. The Balaban J connectivity index is -0.0000000450. The van der Waals surface area contributed by atoms with E-state index < -0.39 is 0 Å². The maximum absolute atomic E-state index is 2.31. The zero-order valence-corrected chi connectivity index (χ0v) is 5.73. The van der Waals surface area contributed by atoms with Gasteiger partial charge in [-0.2, -0.15) is 0 Å². The number of hydrogen-bond donors (Lipinski definition) is 0. The van der Waals surface area contributed by atoms with Crippen molar-refractivity contribution in [2.75, 3.05) is 0 Å². The zero-order valence-electron chi connectivity index (χ0n) is 5.58. The van der Waals surface area contributed by atoms with Gasteiger partial charge in [0.1, 0.15) is 0 Å². The molecule has 0 saturated carbocycles. The van der Waals surface area contributed by atoms with E-state index in [0.29, 0.717) is 0 Å². The standard InChI is InChI=1S/3CH3.Al.Li.H/h3*1H3;;;/q;;;;+1;-1. The van der Waals surface area contributed by atoms with Gasteiger partial charge in [-0.15, -0.1) is 17.4 Å². The van der Waals surface area contributed by atoms with E-state index in [9.17, 15) is 0 Å². The molecular weight excluding hydrogens is 70.0 g/mol. The van der Waals surface area contributed by atoms with Gasteiger partial charge in [0.2, 0.25) is 0 Å². The predicted molar refractivity (Wildman–Crippen MR) is 24.5 cm³/mol. The molecule has 0 unspecified atom stereocenters. The van der Waals surface area contributed by atoms with E-state index in [1.54, 1.807) is 0 Å². The summed E-state index contributed by atoms with van der Waals surface area (Å²) in [6.45, 7) is 0. The van der Waals surface area contributed by atoms with E-state index in [0.717, 1.165) is 0 Å². The smallest absolute Gasteiger partial charge is 1.00 e. The van der Waals surface area contributed by atoms with E-state index in [1.165, 1.54) is 0 Å². The fraction of sp³-hybridized carbons (Fsp3) is 1.00. The Kier molecular flexibility index (Phi) is 9.70. The molecule has 0 spiro atoms. The molecule has 0 fully saturated rings. The third-order valence-electron chi connectivity index (χ3n) is 0. The molecule has 2 heteroatoms. The predicted octanol–water partition coefficient (Wildman–Crippen LogP) is -1.51. The largest absolute Gasteiger partial charge is 1.00 e. The van der Waals surface area contributed by atoms with E-state index in [2.05, 4.69) is 17.4 Å². The van der Waals surface area contributed by atoms with Crippen LogP contribution in [0.4, 0.5) is 0 Å². The molecule has 0 rings (SSSR count). The van der Waals surface area contributed by atoms with Crippen molar-refractivity contribution < 1.29 is 20.3 Å². The van der Waals surface area contributed by atoms with Gasteiger partial charge < -0.3 is 1.43 Å². The Labute approximate surface area is 52.0 Å². The fourth-order valence-corrected chi connectivity index (χ4v) is 0.